The molecule has 15 heavy (non-hydrogen) atoms. The molecule has 0 heterocycles. The molecule has 0 aromatic carbocycles. The summed E-state index contributed by atoms with van der Waals surface area (Å²) in [6.45, 7) is 11.0. The summed E-state index contributed by atoms with van der Waals surface area (Å²) >= 11 is 0. The van der Waals surface area contributed by atoms with Crippen molar-refractivity contribution in [1.29, 1.82) is 0 Å². The number of hydrogen-bond acceptors (Lipinski definition) is 2. The van der Waals surface area contributed by atoms with E-state index in [-0.39, 0.29) is 23.9 Å². The molecule has 0 aliphatic heterocycles. The van der Waals surface area contributed by atoms with E-state index in [2.05, 4.69) is 20.8 Å². The molecule has 2 N–H and O–H groups in total. The van der Waals surface area contributed by atoms with Crippen LogP contribution in [0.25, 0.3) is 0 Å². The zero-order chi connectivity index (χ0) is 12.0. The van der Waals surface area contributed by atoms with Crippen LogP contribution in [0.1, 0.15) is 47.5 Å². The summed E-state index contributed by atoms with van der Waals surface area (Å²) in [4.78, 5) is 14.0. The Hall–Kier alpha value is -0.570. The predicted molar refractivity (Wildman–Crippen MR) is 64.6 cm³/mol. The van der Waals surface area contributed by atoms with Crippen molar-refractivity contribution >= 4 is 5.91 Å². The highest BCUT2D eigenvalue weighted by Gasteiger charge is 2.26. The molecule has 1 amide bonds. The van der Waals surface area contributed by atoms with E-state index in [9.17, 15) is 4.79 Å². The van der Waals surface area contributed by atoms with Gasteiger partial charge in [0.25, 0.3) is 0 Å². The van der Waals surface area contributed by atoms with Gasteiger partial charge in [-0.1, -0.05) is 27.2 Å². The SMILES string of the molecule is CCC(C)C(N)C(=O)N(CC)C(C)CC. The van der Waals surface area contributed by atoms with Gasteiger partial charge in [0.1, 0.15) is 0 Å². The predicted octanol–water partition coefficient (Wildman–Crippen LogP) is 2.01. The second-order valence-corrected chi connectivity index (χ2v) is 4.29. The Kier molecular flexibility index (Phi) is 6.57. The molecule has 3 atom stereocenters. The zero-order valence-electron chi connectivity index (χ0n) is 10.8. The first-order chi connectivity index (χ1) is 6.99. The van der Waals surface area contributed by atoms with Gasteiger partial charge < -0.3 is 10.6 Å². The summed E-state index contributed by atoms with van der Waals surface area (Å²) in [6.07, 6.45) is 1.93. The smallest absolute Gasteiger partial charge is 0.239 e. The van der Waals surface area contributed by atoms with Crippen molar-refractivity contribution in [1.82, 2.24) is 4.90 Å². The number of likely N-dealkylation sites (N-methyl/N-ethyl adjacent to an activating group) is 1. The van der Waals surface area contributed by atoms with Crippen LogP contribution in [0.3, 0.4) is 0 Å². The molecule has 0 saturated heterocycles. The fourth-order valence-corrected chi connectivity index (χ4v) is 1.59. The van der Waals surface area contributed by atoms with Crippen molar-refractivity contribution in [2.24, 2.45) is 11.7 Å². The molecule has 0 aliphatic carbocycles. The molecule has 0 spiro atoms. The van der Waals surface area contributed by atoms with Gasteiger partial charge in [-0.25, -0.2) is 0 Å². The number of carbonyl (C=O) groups is 1. The average Bonchev–Trinajstić information content (AvgIpc) is 2.27. The molecule has 3 nitrogen and oxygen atoms in total. The maximum atomic E-state index is 12.1. The van der Waals surface area contributed by atoms with Crippen LogP contribution in [0.5, 0.6) is 0 Å². The van der Waals surface area contributed by atoms with Crippen LogP contribution in [0.4, 0.5) is 0 Å². The minimum atomic E-state index is -0.344. The lowest BCUT2D eigenvalue weighted by Crippen LogP contribution is -2.50. The maximum Gasteiger partial charge on any atom is 0.239 e. The fraction of sp³-hybridized carbons (Fsp3) is 0.917. The maximum absolute atomic E-state index is 12.1. The molecule has 0 fully saturated rings. The van der Waals surface area contributed by atoms with Crippen LogP contribution in [-0.2, 0) is 4.79 Å². The molecule has 0 rings (SSSR count). The first-order valence-corrected chi connectivity index (χ1v) is 6.05. The lowest BCUT2D eigenvalue weighted by atomic mass is 9.98. The highest BCUT2D eigenvalue weighted by atomic mass is 16.2. The summed E-state index contributed by atoms with van der Waals surface area (Å²) in [5.74, 6) is 0.358. The third-order valence-corrected chi connectivity index (χ3v) is 3.29. The number of rotatable bonds is 6. The highest BCUT2D eigenvalue weighted by molar-refractivity contribution is 5.82. The molecule has 0 saturated carbocycles. The molecular weight excluding hydrogens is 188 g/mol. The molecule has 0 bridgehead atoms. The Morgan fingerprint density at radius 2 is 1.73 bits per heavy atom. The number of amides is 1. The topological polar surface area (TPSA) is 46.3 Å². The standard InChI is InChI=1S/C12H26N2O/c1-6-9(4)11(13)12(15)14(8-3)10(5)7-2/h9-11H,6-8,13H2,1-5H3. The van der Waals surface area contributed by atoms with Crippen molar-refractivity contribution in [3.8, 4) is 0 Å². The van der Waals surface area contributed by atoms with Crippen molar-refractivity contribution in [2.45, 2.75) is 59.5 Å². The molecule has 0 aromatic rings. The van der Waals surface area contributed by atoms with E-state index in [1.165, 1.54) is 0 Å². The van der Waals surface area contributed by atoms with Crippen molar-refractivity contribution < 1.29 is 4.79 Å². The van der Waals surface area contributed by atoms with Gasteiger partial charge in [-0.05, 0) is 26.2 Å². The summed E-state index contributed by atoms with van der Waals surface area (Å²) in [7, 11) is 0. The largest absolute Gasteiger partial charge is 0.339 e. The van der Waals surface area contributed by atoms with E-state index in [0.29, 0.717) is 0 Å². The molecular formula is C12H26N2O. The third kappa shape index (κ3) is 3.82. The quantitative estimate of drug-likeness (QED) is 0.735. The molecule has 0 radical (unpaired) electrons. The summed E-state index contributed by atoms with van der Waals surface area (Å²) in [6, 6.07) is -0.0541. The third-order valence-electron chi connectivity index (χ3n) is 3.29. The molecule has 0 aliphatic rings. The molecule has 3 unspecified atom stereocenters. The molecule has 3 heteroatoms. The average molecular weight is 214 g/mol. The summed E-state index contributed by atoms with van der Waals surface area (Å²) < 4.78 is 0. The van der Waals surface area contributed by atoms with Gasteiger partial charge in [0.05, 0.1) is 6.04 Å². The highest BCUT2D eigenvalue weighted by Crippen LogP contribution is 2.11. The van der Waals surface area contributed by atoms with Crippen LogP contribution in [-0.4, -0.2) is 29.4 Å². The zero-order valence-corrected chi connectivity index (χ0v) is 10.8. The number of nitrogens with two attached hydrogens (primary N) is 1. The Morgan fingerprint density at radius 1 is 1.20 bits per heavy atom. The first kappa shape index (κ1) is 14.4. The van der Waals surface area contributed by atoms with Crippen LogP contribution in [0.2, 0.25) is 0 Å². The Bertz CT molecular complexity index is 194. The minimum Gasteiger partial charge on any atom is -0.339 e. The van der Waals surface area contributed by atoms with E-state index in [0.717, 1.165) is 19.4 Å². The van der Waals surface area contributed by atoms with Gasteiger partial charge in [0.15, 0.2) is 0 Å². The van der Waals surface area contributed by atoms with Gasteiger partial charge in [-0.2, -0.15) is 0 Å². The van der Waals surface area contributed by atoms with E-state index in [1.54, 1.807) is 0 Å². The minimum absolute atomic E-state index is 0.0983. The normalized spacial score (nSPS) is 16.9. The van der Waals surface area contributed by atoms with Gasteiger partial charge in [0, 0.05) is 12.6 Å². The van der Waals surface area contributed by atoms with Gasteiger partial charge in [0.2, 0.25) is 5.91 Å². The van der Waals surface area contributed by atoms with Crippen LogP contribution in [0, 0.1) is 5.92 Å². The van der Waals surface area contributed by atoms with Crippen LogP contribution < -0.4 is 5.73 Å². The van der Waals surface area contributed by atoms with Crippen LogP contribution in [0.15, 0.2) is 0 Å². The second-order valence-electron chi connectivity index (χ2n) is 4.29. The monoisotopic (exact) mass is 214 g/mol. The number of nitrogens with zero attached hydrogens (tertiary/aromatic N) is 1. The second kappa shape index (κ2) is 6.83. The van der Waals surface area contributed by atoms with E-state index >= 15 is 0 Å². The van der Waals surface area contributed by atoms with Crippen molar-refractivity contribution in [3.05, 3.63) is 0 Å². The fourth-order valence-electron chi connectivity index (χ4n) is 1.59. The van der Waals surface area contributed by atoms with Gasteiger partial charge in [-0.3, -0.25) is 4.79 Å². The molecule has 0 aromatic heterocycles. The Labute approximate surface area is 94.0 Å². The Balaban J connectivity index is 4.50. The lowest BCUT2D eigenvalue weighted by Gasteiger charge is -2.31. The summed E-state index contributed by atoms with van der Waals surface area (Å²) in [5, 5.41) is 0. The number of carbonyl (C=O) groups excluding carboxylic acids is 1. The lowest BCUT2D eigenvalue weighted by molar-refractivity contribution is -0.135. The van der Waals surface area contributed by atoms with Gasteiger partial charge >= 0.3 is 0 Å². The first-order valence-electron chi connectivity index (χ1n) is 6.05. The van der Waals surface area contributed by atoms with Crippen molar-refractivity contribution in [3.63, 3.8) is 0 Å². The molecule has 90 valence electrons. The summed E-state index contributed by atoms with van der Waals surface area (Å²) in [5.41, 5.74) is 5.95. The van der Waals surface area contributed by atoms with E-state index < -0.39 is 0 Å². The van der Waals surface area contributed by atoms with Crippen molar-refractivity contribution in [2.75, 3.05) is 6.54 Å². The van der Waals surface area contributed by atoms with Gasteiger partial charge in [-0.15, -0.1) is 0 Å². The Morgan fingerprint density at radius 3 is 2.07 bits per heavy atom. The van der Waals surface area contributed by atoms with Crippen LogP contribution >= 0.6 is 0 Å². The number of hydrogen-bond donors (Lipinski definition) is 1. The van der Waals surface area contributed by atoms with E-state index in [4.69, 9.17) is 5.73 Å². The van der Waals surface area contributed by atoms with E-state index in [1.807, 2.05) is 18.7 Å².